The molecule has 1 heterocycles. The smallest absolute Gasteiger partial charge is 0.339 e. The molecule has 0 aliphatic rings. The second-order valence-electron chi connectivity index (χ2n) is 4.80. The second kappa shape index (κ2) is 7.14. The van der Waals surface area contributed by atoms with Gasteiger partial charge in [-0.05, 0) is 53.0 Å². The highest BCUT2D eigenvalue weighted by molar-refractivity contribution is 9.10. The lowest BCUT2D eigenvalue weighted by atomic mass is 10.1. The molecule has 0 aliphatic heterocycles. The van der Waals surface area contributed by atoms with Crippen LogP contribution in [0.2, 0.25) is 0 Å². The minimum absolute atomic E-state index is 0.169. The predicted molar refractivity (Wildman–Crippen MR) is 94.0 cm³/mol. The fraction of sp³-hybridized carbons (Fsp3) is 0.250. The van der Waals surface area contributed by atoms with E-state index < -0.39 is 5.97 Å². The predicted octanol–water partition coefficient (Wildman–Crippen LogP) is 4.34. The number of carbonyl (C=O) groups excluding carboxylic acids is 1. The number of hydrogen-bond acceptors (Lipinski definition) is 4. The first-order valence-electron chi connectivity index (χ1n) is 6.89. The standard InChI is InChI=1S/C16H16BrNO4S/c1-4-10-8(2)23-15(13(10)16(20)21)18-14(19)11-7-9(22-3)5-6-12(11)17/h5-7H,4H2,1-3H3,(H,18,19)(H,20,21). The molecule has 7 heteroatoms. The third kappa shape index (κ3) is 3.56. The summed E-state index contributed by atoms with van der Waals surface area (Å²) in [5, 5.41) is 12.5. The van der Waals surface area contributed by atoms with Crippen molar-refractivity contribution >= 4 is 44.1 Å². The number of carbonyl (C=O) groups is 2. The minimum Gasteiger partial charge on any atom is -0.497 e. The van der Waals surface area contributed by atoms with Crippen molar-refractivity contribution in [1.82, 2.24) is 0 Å². The van der Waals surface area contributed by atoms with Gasteiger partial charge in [-0.25, -0.2) is 4.79 Å². The number of methoxy groups -OCH3 is 1. The SMILES string of the molecule is CCc1c(C)sc(NC(=O)c2cc(OC)ccc2Br)c1C(=O)O. The molecule has 1 amide bonds. The van der Waals surface area contributed by atoms with Gasteiger partial charge in [0.2, 0.25) is 0 Å². The van der Waals surface area contributed by atoms with E-state index in [1.807, 2.05) is 13.8 Å². The Morgan fingerprint density at radius 3 is 2.65 bits per heavy atom. The van der Waals surface area contributed by atoms with Gasteiger partial charge in [0, 0.05) is 9.35 Å². The first-order chi connectivity index (χ1) is 10.9. The number of amides is 1. The number of aryl methyl sites for hydroxylation is 1. The zero-order chi connectivity index (χ0) is 17.1. The van der Waals surface area contributed by atoms with E-state index in [-0.39, 0.29) is 11.5 Å². The van der Waals surface area contributed by atoms with Crippen LogP contribution in [0, 0.1) is 6.92 Å². The second-order valence-corrected chi connectivity index (χ2v) is 6.88. The summed E-state index contributed by atoms with van der Waals surface area (Å²) in [4.78, 5) is 24.9. The van der Waals surface area contributed by atoms with E-state index in [4.69, 9.17) is 4.74 Å². The molecular weight excluding hydrogens is 382 g/mol. The van der Waals surface area contributed by atoms with Crippen molar-refractivity contribution in [2.45, 2.75) is 20.3 Å². The highest BCUT2D eigenvalue weighted by atomic mass is 79.9. The lowest BCUT2D eigenvalue weighted by molar-refractivity contribution is 0.0697. The van der Waals surface area contributed by atoms with Gasteiger partial charge in [-0.15, -0.1) is 11.3 Å². The molecule has 1 aromatic carbocycles. The summed E-state index contributed by atoms with van der Waals surface area (Å²) in [6.07, 6.45) is 0.600. The lowest BCUT2D eigenvalue weighted by Crippen LogP contribution is -2.14. The van der Waals surface area contributed by atoms with Crippen molar-refractivity contribution in [3.8, 4) is 5.75 Å². The molecule has 0 aliphatic carbocycles. The van der Waals surface area contributed by atoms with E-state index in [1.54, 1.807) is 18.2 Å². The normalized spacial score (nSPS) is 10.4. The fourth-order valence-electron chi connectivity index (χ4n) is 2.29. The molecule has 0 unspecified atom stereocenters. The molecule has 2 rings (SSSR count). The zero-order valence-electron chi connectivity index (χ0n) is 12.9. The molecule has 0 spiro atoms. The highest BCUT2D eigenvalue weighted by Crippen LogP contribution is 2.34. The Labute approximate surface area is 146 Å². The van der Waals surface area contributed by atoms with E-state index in [9.17, 15) is 14.7 Å². The molecule has 1 aromatic heterocycles. The number of benzene rings is 1. The summed E-state index contributed by atoms with van der Waals surface area (Å²) >= 11 is 4.60. The number of halogens is 1. The van der Waals surface area contributed by atoms with Gasteiger partial charge in [-0.1, -0.05) is 6.92 Å². The van der Waals surface area contributed by atoms with Gasteiger partial charge in [0.25, 0.3) is 5.91 Å². The summed E-state index contributed by atoms with van der Waals surface area (Å²) in [7, 11) is 1.52. The summed E-state index contributed by atoms with van der Waals surface area (Å²) in [5.74, 6) is -0.873. The maximum atomic E-state index is 12.5. The number of hydrogen-bond donors (Lipinski definition) is 2. The average Bonchev–Trinajstić information content (AvgIpc) is 2.83. The number of rotatable bonds is 5. The third-order valence-corrected chi connectivity index (χ3v) is 5.18. The van der Waals surface area contributed by atoms with Crippen LogP contribution in [0.15, 0.2) is 22.7 Å². The largest absolute Gasteiger partial charge is 0.497 e. The number of carboxylic acid groups (broad SMARTS) is 1. The number of nitrogens with one attached hydrogen (secondary N) is 1. The van der Waals surface area contributed by atoms with Crippen molar-refractivity contribution in [2.75, 3.05) is 12.4 Å². The number of aromatic carboxylic acids is 1. The van der Waals surface area contributed by atoms with Crippen LogP contribution in [0.1, 0.15) is 38.1 Å². The van der Waals surface area contributed by atoms with E-state index in [0.717, 1.165) is 10.4 Å². The molecular formula is C16H16BrNO4S. The fourth-order valence-corrected chi connectivity index (χ4v) is 3.85. The van der Waals surface area contributed by atoms with E-state index in [0.29, 0.717) is 27.2 Å². The molecule has 0 atom stereocenters. The van der Waals surface area contributed by atoms with Crippen molar-refractivity contribution < 1.29 is 19.4 Å². The molecule has 122 valence electrons. The van der Waals surface area contributed by atoms with Crippen LogP contribution in [0.3, 0.4) is 0 Å². The molecule has 0 fully saturated rings. The Hall–Kier alpha value is -1.86. The van der Waals surface area contributed by atoms with Crippen LogP contribution in [-0.4, -0.2) is 24.1 Å². The minimum atomic E-state index is -1.04. The summed E-state index contributed by atoms with van der Waals surface area (Å²) in [5.41, 5.74) is 1.30. The van der Waals surface area contributed by atoms with Crippen molar-refractivity contribution in [1.29, 1.82) is 0 Å². The van der Waals surface area contributed by atoms with E-state index in [2.05, 4.69) is 21.2 Å². The highest BCUT2D eigenvalue weighted by Gasteiger charge is 2.23. The summed E-state index contributed by atoms with van der Waals surface area (Å²) in [6.45, 7) is 3.75. The summed E-state index contributed by atoms with van der Waals surface area (Å²) < 4.78 is 5.73. The van der Waals surface area contributed by atoms with Gasteiger partial charge in [-0.2, -0.15) is 0 Å². The quantitative estimate of drug-likeness (QED) is 0.786. The van der Waals surface area contributed by atoms with Crippen LogP contribution in [0.4, 0.5) is 5.00 Å². The number of carboxylic acids is 1. The van der Waals surface area contributed by atoms with Gasteiger partial charge < -0.3 is 15.2 Å². The van der Waals surface area contributed by atoms with Crippen molar-refractivity contribution in [3.05, 3.63) is 44.2 Å². The zero-order valence-corrected chi connectivity index (χ0v) is 15.3. The average molecular weight is 398 g/mol. The Bertz CT molecular complexity index is 770. The van der Waals surface area contributed by atoms with Crippen molar-refractivity contribution in [2.24, 2.45) is 0 Å². The maximum absolute atomic E-state index is 12.5. The van der Waals surface area contributed by atoms with E-state index >= 15 is 0 Å². The van der Waals surface area contributed by atoms with Gasteiger partial charge in [0.1, 0.15) is 10.8 Å². The van der Waals surface area contributed by atoms with Crippen LogP contribution < -0.4 is 10.1 Å². The number of thiophene rings is 1. The summed E-state index contributed by atoms with van der Waals surface area (Å²) in [6, 6.07) is 5.04. The monoisotopic (exact) mass is 397 g/mol. The first-order valence-corrected chi connectivity index (χ1v) is 8.50. The Balaban J connectivity index is 2.40. The molecule has 23 heavy (non-hydrogen) atoms. The Morgan fingerprint density at radius 1 is 1.39 bits per heavy atom. The molecule has 0 saturated heterocycles. The maximum Gasteiger partial charge on any atom is 0.339 e. The third-order valence-electron chi connectivity index (χ3n) is 3.42. The Morgan fingerprint density at radius 2 is 2.09 bits per heavy atom. The van der Waals surface area contributed by atoms with Crippen molar-refractivity contribution in [3.63, 3.8) is 0 Å². The van der Waals surface area contributed by atoms with Gasteiger partial charge in [0.05, 0.1) is 18.2 Å². The van der Waals surface area contributed by atoms with Gasteiger partial charge in [-0.3, -0.25) is 4.79 Å². The molecule has 2 N–H and O–H groups in total. The molecule has 5 nitrogen and oxygen atoms in total. The molecule has 0 radical (unpaired) electrons. The van der Waals surface area contributed by atoms with Crippen LogP contribution in [0.5, 0.6) is 5.75 Å². The van der Waals surface area contributed by atoms with Crippen LogP contribution >= 0.6 is 27.3 Å². The topological polar surface area (TPSA) is 75.6 Å². The van der Waals surface area contributed by atoms with Gasteiger partial charge >= 0.3 is 5.97 Å². The first kappa shape index (κ1) is 17.5. The van der Waals surface area contributed by atoms with E-state index in [1.165, 1.54) is 18.4 Å². The Kier molecular flexibility index (Phi) is 5.43. The molecule has 2 aromatic rings. The van der Waals surface area contributed by atoms with Crippen LogP contribution in [0.25, 0.3) is 0 Å². The number of ether oxygens (including phenoxy) is 1. The number of anilines is 1. The molecule has 0 bridgehead atoms. The lowest BCUT2D eigenvalue weighted by Gasteiger charge is -2.08. The molecule has 0 saturated carbocycles. The van der Waals surface area contributed by atoms with Crippen LogP contribution in [-0.2, 0) is 6.42 Å². The van der Waals surface area contributed by atoms with Gasteiger partial charge in [0.15, 0.2) is 0 Å².